The fourth-order valence-electron chi connectivity index (χ4n) is 2.12. The van der Waals surface area contributed by atoms with Gasteiger partial charge in [0.15, 0.2) is 0 Å². The van der Waals surface area contributed by atoms with Gasteiger partial charge in [-0.3, -0.25) is 4.79 Å². The molecule has 0 heterocycles. The molecule has 0 saturated carbocycles. The van der Waals surface area contributed by atoms with Crippen molar-refractivity contribution < 1.29 is 31.5 Å². The van der Waals surface area contributed by atoms with E-state index in [4.69, 9.17) is 5.11 Å². The number of aliphatic hydroxyl groups excluding tert-OH is 1. The van der Waals surface area contributed by atoms with Crippen molar-refractivity contribution in [3.05, 3.63) is 58.1 Å². The molecule has 6 nitrogen and oxygen atoms in total. The molecule has 0 aliphatic carbocycles. The molecule has 2 aromatic carbocycles. The second-order valence-corrected chi connectivity index (χ2v) is 8.49. The van der Waals surface area contributed by atoms with Crippen LogP contribution in [0.25, 0.3) is 0 Å². The second kappa shape index (κ2) is 8.60. The number of carbonyl (C=O) groups is 1. The van der Waals surface area contributed by atoms with Gasteiger partial charge in [0.2, 0.25) is 10.0 Å². The molecule has 11 heteroatoms. The Bertz CT molecular complexity index is 961. The van der Waals surface area contributed by atoms with Crippen molar-refractivity contribution in [3.8, 4) is 0 Å². The Kier molecular flexibility index (Phi) is 6.86. The first-order valence-corrected chi connectivity index (χ1v) is 10.1. The first-order valence-electron chi connectivity index (χ1n) is 7.86. The molecule has 1 amide bonds. The molecule has 2 aromatic rings. The van der Waals surface area contributed by atoms with Gasteiger partial charge in [0, 0.05) is 22.3 Å². The molecule has 1 unspecified atom stereocenters. The van der Waals surface area contributed by atoms with Crippen LogP contribution in [0.1, 0.15) is 22.8 Å². The van der Waals surface area contributed by atoms with E-state index in [0.717, 1.165) is 6.07 Å². The number of benzene rings is 2. The topological polar surface area (TPSA) is 95.5 Å². The van der Waals surface area contributed by atoms with Gasteiger partial charge in [-0.25, -0.2) is 13.1 Å². The lowest BCUT2D eigenvalue weighted by Gasteiger charge is -2.12. The molecule has 1 atom stereocenters. The molecule has 0 bridgehead atoms. The summed E-state index contributed by atoms with van der Waals surface area (Å²) < 4.78 is 64.9. The van der Waals surface area contributed by atoms with Crippen LogP contribution in [0.15, 0.2) is 51.8 Å². The smallest absolute Gasteiger partial charge is 0.392 e. The number of nitrogens with one attached hydrogen (secondary N) is 2. The highest BCUT2D eigenvalue weighted by molar-refractivity contribution is 9.10. The summed E-state index contributed by atoms with van der Waals surface area (Å²) in [6.45, 7) is 1.25. The van der Waals surface area contributed by atoms with Gasteiger partial charge >= 0.3 is 6.18 Å². The molecule has 2 rings (SSSR count). The Morgan fingerprint density at radius 3 is 2.32 bits per heavy atom. The number of anilines is 1. The molecule has 3 N–H and O–H groups in total. The summed E-state index contributed by atoms with van der Waals surface area (Å²) in [6.07, 6.45) is -5.46. The summed E-state index contributed by atoms with van der Waals surface area (Å²) in [4.78, 5) is 12.1. The number of halogens is 4. The molecule has 0 radical (unpaired) electrons. The van der Waals surface area contributed by atoms with Crippen molar-refractivity contribution in [2.75, 3.05) is 11.9 Å². The van der Waals surface area contributed by atoms with E-state index < -0.39 is 33.8 Å². The van der Waals surface area contributed by atoms with Gasteiger partial charge in [-0.15, -0.1) is 0 Å². The molecule has 0 spiro atoms. The Morgan fingerprint density at radius 1 is 1.18 bits per heavy atom. The largest absolute Gasteiger partial charge is 0.417 e. The van der Waals surface area contributed by atoms with E-state index in [1.54, 1.807) is 0 Å². The molecule has 0 aliphatic rings. The molecular formula is C17H16BrF3N2O4S. The summed E-state index contributed by atoms with van der Waals surface area (Å²) in [5.41, 5.74) is -0.933. The summed E-state index contributed by atoms with van der Waals surface area (Å²) in [7, 11) is -3.86. The van der Waals surface area contributed by atoms with Crippen LogP contribution in [0.3, 0.4) is 0 Å². The van der Waals surface area contributed by atoms with Crippen LogP contribution in [0, 0.1) is 0 Å². The van der Waals surface area contributed by atoms with Crippen molar-refractivity contribution >= 4 is 37.5 Å². The Morgan fingerprint density at radius 2 is 1.79 bits per heavy atom. The van der Waals surface area contributed by atoms with E-state index in [1.165, 1.54) is 43.3 Å². The van der Waals surface area contributed by atoms with Crippen LogP contribution in [0.4, 0.5) is 18.9 Å². The standard InChI is InChI=1S/C17H16BrF3N2O4S/c1-10(24)9-22-28(26,27)13-5-2-11(3-6-13)16(25)23-12-4-7-15(18)14(8-12)17(19,20)21/h2-8,10,22,24H,9H2,1H3,(H,23,25). The SMILES string of the molecule is CC(O)CNS(=O)(=O)c1ccc(C(=O)Nc2ccc(Br)c(C(F)(F)F)c2)cc1. The molecule has 0 saturated heterocycles. The van der Waals surface area contributed by atoms with Gasteiger partial charge in [-0.05, 0) is 49.4 Å². The van der Waals surface area contributed by atoms with Gasteiger partial charge < -0.3 is 10.4 Å². The van der Waals surface area contributed by atoms with Gasteiger partial charge in [0.05, 0.1) is 16.6 Å². The first-order chi connectivity index (χ1) is 12.9. The van der Waals surface area contributed by atoms with E-state index in [-0.39, 0.29) is 27.2 Å². The minimum atomic E-state index is -4.59. The summed E-state index contributed by atoms with van der Waals surface area (Å²) in [6, 6.07) is 8.09. The van der Waals surface area contributed by atoms with Crippen molar-refractivity contribution in [2.24, 2.45) is 0 Å². The second-order valence-electron chi connectivity index (χ2n) is 5.87. The maximum Gasteiger partial charge on any atom is 0.417 e. The normalized spacial score (nSPS) is 13.2. The van der Waals surface area contributed by atoms with Crippen LogP contribution in [0.5, 0.6) is 0 Å². The van der Waals surface area contributed by atoms with Gasteiger partial charge in [0.1, 0.15) is 0 Å². The number of amides is 1. The zero-order valence-electron chi connectivity index (χ0n) is 14.4. The third kappa shape index (κ3) is 5.77. The molecule has 0 aromatic heterocycles. The summed E-state index contributed by atoms with van der Waals surface area (Å²) in [5.74, 6) is -0.698. The number of alkyl halides is 3. The maximum atomic E-state index is 12.9. The summed E-state index contributed by atoms with van der Waals surface area (Å²) in [5, 5.41) is 11.5. The van der Waals surface area contributed by atoms with E-state index in [1.807, 2.05) is 0 Å². The number of aliphatic hydroxyl groups is 1. The van der Waals surface area contributed by atoms with Crippen LogP contribution >= 0.6 is 15.9 Å². The van der Waals surface area contributed by atoms with E-state index in [9.17, 15) is 26.4 Å². The predicted molar refractivity (Wildman–Crippen MR) is 100 cm³/mol. The first kappa shape index (κ1) is 22.3. The van der Waals surface area contributed by atoms with Gasteiger partial charge in [-0.1, -0.05) is 15.9 Å². The molecular weight excluding hydrogens is 465 g/mol. The average molecular weight is 481 g/mol. The minimum absolute atomic E-state index is 0.0594. The van der Waals surface area contributed by atoms with Crippen LogP contribution < -0.4 is 10.0 Å². The molecule has 0 fully saturated rings. The van der Waals surface area contributed by atoms with E-state index in [2.05, 4.69) is 26.0 Å². The maximum absolute atomic E-state index is 12.9. The highest BCUT2D eigenvalue weighted by atomic mass is 79.9. The molecule has 28 heavy (non-hydrogen) atoms. The minimum Gasteiger partial charge on any atom is -0.392 e. The van der Waals surface area contributed by atoms with Gasteiger partial charge in [0.25, 0.3) is 5.91 Å². The lowest BCUT2D eigenvalue weighted by Crippen LogP contribution is -2.30. The molecule has 0 aliphatic heterocycles. The number of sulfonamides is 1. The Labute approximate surface area is 167 Å². The Hall–Kier alpha value is -1.95. The fourth-order valence-corrected chi connectivity index (χ4v) is 3.72. The van der Waals surface area contributed by atoms with Crippen molar-refractivity contribution in [3.63, 3.8) is 0 Å². The average Bonchev–Trinajstić information content (AvgIpc) is 2.61. The van der Waals surface area contributed by atoms with Crippen LogP contribution in [-0.2, 0) is 16.2 Å². The highest BCUT2D eigenvalue weighted by Gasteiger charge is 2.33. The van der Waals surface area contributed by atoms with E-state index in [0.29, 0.717) is 0 Å². The zero-order chi connectivity index (χ0) is 21.1. The zero-order valence-corrected chi connectivity index (χ0v) is 16.8. The third-order valence-corrected chi connectivity index (χ3v) is 5.66. The van der Waals surface area contributed by atoms with Crippen molar-refractivity contribution in [2.45, 2.75) is 24.1 Å². The highest BCUT2D eigenvalue weighted by Crippen LogP contribution is 2.36. The number of hydrogen-bond acceptors (Lipinski definition) is 4. The number of hydrogen-bond donors (Lipinski definition) is 3. The quantitative estimate of drug-likeness (QED) is 0.590. The Balaban J connectivity index is 2.16. The predicted octanol–water partition coefficient (Wildman–Crippen LogP) is 3.38. The third-order valence-electron chi connectivity index (χ3n) is 3.53. The lowest BCUT2D eigenvalue weighted by atomic mass is 10.1. The van der Waals surface area contributed by atoms with Crippen molar-refractivity contribution in [1.29, 1.82) is 0 Å². The number of rotatable bonds is 6. The lowest BCUT2D eigenvalue weighted by molar-refractivity contribution is -0.138. The summed E-state index contributed by atoms with van der Waals surface area (Å²) >= 11 is 2.81. The number of carbonyl (C=O) groups excluding carboxylic acids is 1. The van der Waals surface area contributed by atoms with Gasteiger partial charge in [-0.2, -0.15) is 13.2 Å². The van der Waals surface area contributed by atoms with Crippen molar-refractivity contribution in [1.82, 2.24) is 4.72 Å². The monoisotopic (exact) mass is 480 g/mol. The van der Waals surface area contributed by atoms with E-state index >= 15 is 0 Å². The van der Waals surface area contributed by atoms with Crippen LogP contribution in [0.2, 0.25) is 0 Å². The van der Waals surface area contributed by atoms with Crippen LogP contribution in [-0.4, -0.2) is 32.1 Å². The fraction of sp³-hybridized carbons (Fsp3) is 0.235. The molecule has 152 valence electrons.